The monoisotopic (exact) mass is 463 g/mol. The Kier molecular flexibility index (Phi) is 6.91. The second-order valence-electron chi connectivity index (χ2n) is 7.81. The molecular weight excluding hydrogens is 438 g/mol. The lowest BCUT2D eigenvalue weighted by Crippen LogP contribution is -2.40. The topological polar surface area (TPSA) is 81.0 Å². The number of morpholine rings is 1. The molecule has 0 amide bonds. The molecule has 0 bridgehead atoms. The number of hydrogen-bond acceptors (Lipinski definition) is 5. The maximum absolute atomic E-state index is 13.4. The van der Waals surface area contributed by atoms with Gasteiger partial charge < -0.3 is 4.74 Å². The van der Waals surface area contributed by atoms with Gasteiger partial charge in [0.05, 0.1) is 34.7 Å². The Morgan fingerprint density at radius 1 is 1.06 bits per heavy atom. The highest BCUT2D eigenvalue weighted by molar-refractivity contribution is 7.89. The molecule has 166 valence electrons. The molecule has 1 aliphatic heterocycles. The van der Waals surface area contributed by atoms with Crippen LogP contribution >= 0.6 is 11.6 Å². The number of carbonyl (C=O) groups is 1. The fourth-order valence-electron chi connectivity index (χ4n) is 4.00. The van der Waals surface area contributed by atoms with Gasteiger partial charge in [0.1, 0.15) is 5.49 Å². The molecule has 1 saturated heterocycles. The van der Waals surface area contributed by atoms with E-state index >= 15 is 0 Å². The van der Waals surface area contributed by atoms with E-state index in [-0.39, 0.29) is 34.6 Å². The molecule has 0 unspecified atom stereocenters. The normalized spacial score (nSPS) is 19.5. The van der Waals surface area contributed by atoms with Crippen LogP contribution in [0.2, 0.25) is 5.02 Å². The number of rotatable bonds is 4. The first-order valence-electron chi connectivity index (χ1n) is 10.6. The molecule has 4 rings (SSSR count). The summed E-state index contributed by atoms with van der Waals surface area (Å²) in [7, 11) is -3.74. The Hall–Kier alpha value is -2.00. The second-order valence-corrected chi connectivity index (χ2v) is 10.2. The summed E-state index contributed by atoms with van der Waals surface area (Å²) in [5.41, 5.74) is 0.684. The number of carbonyl (C=O) groups excluding carboxylic acids is 1. The van der Waals surface area contributed by atoms with Crippen molar-refractivity contribution < 1.29 is 17.9 Å². The van der Waals surface area contributed by atoms with Crippen LogP contribution in [-0.4, -0.2) is 55.5 Å². The van der Waals surface area contributed by atoms with Crippen molar-refractivity contribution >= 4 is 27.5 Å². The SMILES string of the molecule is O=C(c1cc(S(=O)(=O)N2CCOCC2)ccc1Cl)n1ccccc1=NC1CCCCC1. The Balaban J connectivity index is 1.70. The average molecular weight is 464 g/mol. The predicted molar refractivity (Wildman–Crippen MR) is 118 cm³/mol. The lowest BCUT2D eigenvalue weighted by Gasteiger charge is -2.26. The molecule has 2 heterocycles. The molecule has 7 nitrogen and oxygen atoms in total. The van der Waals surface area contributed by atoms with Crippen molar-refractivity contribution in [3.8, 4) is 0 Å². The Morgan fingerprint density at radius 2 is 1.81 bits per heavy atom. The lowest BCUT2D eigenvalue weighted by atomic mass is 9.96. The van der Waals surface area contributed by atoms with Gasteiger partial charge in [0.2, 0.25) is 10.0 Å². The summed E-state index contributed by atoms with van der Waals surface area (Å²) in [5, 5.41) is 0.200. The van der Waals surface area contributed by atoms with Crippen LogP contribution in [0.15, 0.2) is 52.5 Å². The van der Waals surface area contributed by atoms with Gasteiger partial charge in [-0.2, -0.15) is 4.31 Å². The van der Waals surface area contributed by atoms with Gasteiger partial charge in [-0.25, -0.2) is 8.42 Å². The van der Waals surface area contributed by atoms with Crippen LogP contribution in [0.5, 0.6) is 0 Å². The maximum atomic E-state index is 13.4. The molecule has 1 saturated carbocycles. The molecule has 31 heavy (non-hydrogen) atoms. The highest BCUT2D eigenvalue weighted by atomic mass is 35.5. The van der Waals surface area contributed by atoms with Gasteiger partial charge in [-0.15, -0.1) is 0 Å². The van der Waals surface area contributed by atoms with Crippen molar-refractivity contribution in [3.05, 3.63) is 58.7 Å². The third-order valence-corrected chi connectivity index (χ3v) is 7.95. The van der Waals surface area contributed by atoms with E-state index in [1.54, 1.807) is 18.3 Å². The zero-order valence-corrected chi connectivity index (χ0v) is 18.8. The van der Waals surface area contributed by atoms with Gasteiger partial charge in [0, 0.05) is 19.3 Å². The van der Waals surface area contributed by atoms with Crippen LogP contribution in [0.1, 0.15) is 42.5 Å². The number of aromatic nitrogens is 1. The van der Waals surface area contributed by atoms with E-state index in [1.807, 2.05) is 6.07 Å². The summed E-state index contributed by atoms with van der Waals surface area (Å²) in [6.45, 7) is 1.27. The van der Waals surface area contributed by atoms with Gasteiger partial charge >= 0.3 is 0 Å². The van der Waals surface area contributed by atoms with E-state index in [2.05, 4.69) is 0 Å². The van der Waals surface area contributed by atoms with E-state index in [0.717, 1.165) is 25.7 Å². The molecule has 0 radical (unpaired) electrons. The summed E-state index contributed by atoms with van der Waals surface area (Å²) < 4.78 is 34.1. The van der Waals surface area contributed by atoms with E-state index in [0.29, 0.717) is 18.7 Å². The summed E-state index contributed by atoms with van der Waals surface area (Å²) in [6, 6.07) is 9.84. The minimum atomic E-state index is -3.74. The standard InChI is InChI=1S/C22H26ClN3O4S/c23-20-10-9-18(31(28,29)25-12-14-30-15-13-25)16-19(20)22(27)26-11-5-4-8-21(26)24-17-6-2-1-3-7-17/h4-5,8-11,16-17H,1-3,6-7,12-15H2. The lowest BCUT2D eigenvalue weighted by molar-refractivity contribution is 0.0730. The number of halogens is 1. The first-order chi connectivity index (χ1) is 15.0. The highest BCUT2D eigenvalue weighted by Gasteiger charge is 2.28. The van der Waals surface area contributed by atoms with Gasteiger partial charge in [-0.1, -0.05) is 36.9 Å². The second kappa shape index (κ2) is 9.65. The van der Waals surface area contributed by atoms with Crippen molar-refractivity contribution in [2.45, 2.75) is 43.0 Å². The molecule has 2 fully saturated rings. The molecule has 2 aliphatic rings. The zero-order valence-electron chi connectivity index (χ0n) is 17.2. The minimum absolute atomic E-state index is 0.0458. The molecule has 9 heteroatoms. The fourth-order valence-corrected chi connectivity index (χ4v) is 5.64. The maximum Gasteiger partial charge on any atom is 0.265 e. The Bertz CT molecular complexity index is 1120. The first-order valence-corrected chi connectivity index (χ1v) is 12.4. The number of ether oxygens (including phenoxy) is 1. The molecule has 2 aromatic rings. The molecular formula is C22H26ClN3O4S. The first kappa shape index (κ1) is 22.2. The fraction of sp³-hybridized carbons (Fsp3) is 0.455. The van der Waals surface area contributed by atoms with Crippen LogP contribution in [0.4, 0.5) is 0 Å². The molecule has 0 atom stereocenters. The van der Waals surface area contributed by atoms with E-state index < -0.39 is 15.9 Å². The minimum Gasteiger partial charge on any atom is -0.379 e. The number of nitrogens with zero attached hydrogens (tertiary/aromatic N) is 3. The van der Waals surface area contributed by atoms with Gasteiger partial charge in [0.15, 0.2) is 0 Å². The van der Waals surface area contributed by atoms with Gasteiger partial charge in [-0.3, -0.25) is 14.4 Å². The van der Waals surface area contributed by atoms with Crippen molar-refractivity contribution in [3.63, 3.8) is 0 Å². The van der Waals surface area contributed by atoms with Gasteiger partial charge in [0.25, 0.3) is 5.91 Å². The number of hydrogen-bond donors (Lipinski definition) is 0. The molecule has 1 aromatic heterocycles. The molecule has 0 spiro atoms. The summed E-state index contributed by atoms with van der Waals surface area (Å²) in [5.74, 6) is -0.404. The molecule has 0 N–H and O–H groups in total. The van der Waals surface area contributed by atoms with Crippen molar-refractivity contribution in [1.82, 2.24) is 8.87 Å². The molecule has 1 aliphatic carbocycles. The third kappa shape index (κ3) is 4.92. The van der Waals surface area contributed by atoms with Crippen LogP contribution in [-0.2, 0) is 14.8 Å². The summed E-state index contributed by atoms with van der Waals surface area (Å²) in [6.07, 6.45) is 7.17. The highest BCUT2D eigenvalue weighted by Crippen LogP contribution is 2.24. The average Bonchev–Trinajstić information content (AvgIpc) is 2.80. The van der Waals surface area contributed by atoms with Crippen molar-refractivity contribution in [2.24, 2.45) is 4.99 Å². The van der Waals surface area contributed by atoms with Crippen molar-refractivity contribution in [2.75, 3.05) is 26.3 Å². The van der Waals surface area contributed by atoms with Crippen molar-refractivity contribution in [1.29, 1.82) is 0 Å². The Morgan fingerprint density at radius 3 is 2.55 bits per heavy atom. The Labute approximate surface area is 187 Å². The number of pyridine rings is 1. The van der Waals surface area contributed by atoms with E-state index in [4.69, 9.17) is 21.3 Å². The van der Waals surface area contributed by atoms with E-state index in [1.165, 1.54) is 33.5 Å². The van der Waals surface area contributed by atoms with Crippen LogP contribution in [0.25, 0.3) is 0 Å². The summed E-state index contributed by atoms with van der Waals surface area (Å²) in [4.78, 5) is 18.2. The smallest absolute Gasteiger partial charge is 0.265 e. The van der Waals surface area contributed by atoms with E-state index in [9.17, 15) is 13.2 Å². The zero-order chi connectivity index (χ0) is 21.8. The van der Waals surface area contributed by atoms with Gasteiger partial charge in [-0.05, 0) is 43.2 Å². The number of benzene rings is 1. The largest absolute Gasteiger partial charge is 0.379 e. The number of sulfonamides is 1. The third-order valence-electron chi connectivity index (χ3n) is 5.72. The quantitative estimate of drug-likeness (QED) is 0.697. The molecule has 1 aromatic carbocycles. The van der Waals surface area contributed by atoms with Crippen LogP contribution < -0.4 is 5.49 Å². The van der Waals surface area contributed by atoms with Crippen LogP contribution in [0.3, 0.4) is 0 Å². The van der Waals surface area contributed by atoms with Crippen LogP contribution in [0, 0.1) is 0 Å². The summed E-state index contributed by atoms with van der Waals surface area (Å²) >= 11 is 6.33. The predicted octanol–water partition coefficient (Wildman–Crippen LogP) is 3.08.